The van der Waals surface area contributed by atoms with Crippen molar-refractivity contribution in [3.63, 3.8) is 0 Å². The molecule has 1 aliphatic rings. The van der Waals surface area contributed by atoms with Gasteiger partial charge in [0.2, 0.25) is 0 Å². The summed E-state index contributed by atoms with van der Waals surface area (Å²) in [5.74, 6) is 0. The Kier molecular flexibility index (Phi) is 3.67. The third-order valence-corrected chi connectivity index (χ3v) is 6.15. The van der Waals surface area contributed by atoms with Crippen LogP contribution in [0.25, 0.3) is 17.0 Å². The fraction of sp³-hybridized carbons (Fsp3) is 0.0588. The molecule has 0 saturated carbocycles. The highest BCUT2D eigenvalue weighted by Gasteiger charge is 2.26. The van der Waals surface area contributed by atoms with Crippen molar-refractivity contribution in [2.24, 2.45) is 0 Å². The van der Waals surface area contributed by atoms with E-state index in [1.807, 2.05) is 18.2 Å². The Labute approximate surface area is 145 Å². The maximum atomic E-state index is 12.7. The lowest BCUT2D eigenvalue weighted by Gasteiger charge is -2.06. The predicted molar refractivity (Wildman–Crippen MR) is 91.6 cm³/mol. The van der Waals surface area contributed by atoms with Crippen molar-refractivity contribution in [1.29, 1.82) is 0 Å². The second kappa shape index (κ2) is 5.73. The zero-order valence-corrected chi connectivity index (χ0v) is 14.2. The number of fused-ring (bicyclic) bond motifs is 1. The summed E-state index contributed by atoms with van der Waals surface area (Å²) in [6, 6.07) is 12.7. The van der Waals surface area contributed by atoms with E-state index >= 15 is 0 Å². The first kappa shape index (κ1) is 15.4. The van der Waals surface area contributed by atoms with Crippen LogP contribution in [0, 0.1) is 7.58 Å². The average molecular weight is 439 g/mol. The van der Waals surface area contributed by atoms with Gasteiger partial charge in [0, 0.05) is 56.5 Å². The quantitative estimate of drug-likeness (QED) is 0.450. The van der Waals surface area contributed by atoms with E-state index in [1.54, 1.807) is 12.3 Å². The van der Waals surface area contributed by atoms with Gasteiger partial charge < -0.3 is 0 Å². The number of rotatable bonds is 2. The van der Waals surface area contributed by atoms with E-state index in [4.69, 9.17) is 0 Å². The van der Waals surface area contributed by atoms with E-state index in [-0.39, 0.29) is 26.4 Å². The van der Waals surface area contributed by atoms with Gasteiger partial charge in [-0.2, -0.15) is 19.2 Å². The monoisotopic (exact) mass is 439 g/mol. The molecule has 24 heavy (non-hydrogen) atoms. The summed E-state index contributed by atoms with van der Waals surface area (Å²) in [4.78, 5) is 4.14. The van der Waals surface area contributed by atoms with E-state index in [2.05, 4.69) is 31.7 Å². The van der Waals surface area contributed by atoms with E-state index in [9.17, 15) is 13.2 Å². The third kappa shape index (κ3) is 2.72. The first-order chi connectivity index (χ1) is 11.5. The molecule has 0 N–H and O–H groups in total. The first-order valence-corrected chi connectivity index (χ1v) is 9.32. The fourth-order valence-corrected chi connectivity index (χ4v) is 5.03. The van der Waals surface area contributed by atoms with E-state index in [0.29, 0.717) is 5.69 Å². The van der Waals surface area contributed by atoms with E-state index < -0.39 is 11.9 Å². The van der Waals surface area contributed by atoms with E-state index in [0.717, 1.165) is 17.2 Å². The first-order valence-electron chi connectivity index (χ1n) is 7.00. The number of nitrogens with zero attached hydrogens (tertiary/aromatic N) is 3. The Balaban J connectivity index is 1.79. The molecular weight excluding hydrogens is 430 g/mol. The molecule has 0 saturated heterocycles. The van der Waals surface area contributed by atoms with Gasteiger partial charge in [-0.15, -0.1) is 0 Å². The molecule has 4 rings (SSSR count). The van der Waals surface area contributed by atoms with Gasteiger partial charge in [0.25, 0.3) is 0 Å². The summed E-state index contributed by atoms with van der Waals surface area (Å²) in [5, 5.41) is 8.01. The number of pyridine rings is 1. The van der Waals surface area contributed by atoms with Gasteiger partial charge in [0.1, 0.15) is 0 Å². The zero-order chi connectivity index (χ0) is 16.7. The molecule has 3 nitrogen and oxygen atoms in total. The molecule has 3 aromatic rings. The summed E-state index contributed by atoms with van der Waals surface area (Å²) in [6.45, 7) is 0. The highest BCUT2D eigenvalue weighted by atomic mass is 127. The van der Waals surface area contributed by atoms with Crippen LogP contribution in [-0.2, 0) is 6.18 Å². The molecule has 0 amide bonds. The maximum Gasteiger partial charge on any atom is 0.366 e. The van der Waals surface area contributed by atoms with Crippen LogP contribution < -0.4 is 5.22 Å². The minimum Gasteiger partial charge on any atom is -0.272 e. The standard InChI is InChI=1S/C17H9F3IN3/c18-17(19,20)16-8-15(23-24-16)14-7-10(5-6-22-14)12-9-21-13-4-2-1-3-11(12)13/h1-9H. The number of hydrogen-bond acceptors (Lipinski definition) is 3. The van der Waals surface area contributed by atoms with Crippen molar-refractivity contribution in [2.45, 2.75) is 6.18 Å². The van der Waals surface area contributed by atoms with Crippen LogP contribution in [0.2, 0.25) is 0 Å². The van der Waals surface area contributed by atoms with Gasteiger partial charge in [0.15, 0.2) is 5.57 Å². The molecule has 0 aliphatic carbocycles. The largest absolute Gasteiger partial charge is 0.366 e. The van der Waals surface area contributed by atoms with Gasteiger partial charge in [-0.1, -0.05) is 6.07 Å². The SMILES string of the molecule is FC(F)(F)[c-]1cc(-c2cc(C3=c4ccccc4=I[CH+]3)ccn2)nn1. The Morgan fingerprint density at radius 2 is 1.92 bits per heavy atom. The van der Waals surface area contributed by atoms with Crippen molar-refractivity contribution in [3.05, 3.63) is 72.7 Å². The zero-order valence-electron chi connectivity index (χ0n) is 12.0. The van der Waals surface area contributed by atoms with Crippen LogP contribution in [-0.4, -0.2) is 15.2 Å². The van der Waals surface area contributed by atoms with Crippen molar-refractivity contribution in [1.82, 2.24) is 15.2 Å². The molecule has 0 bridgehead atoms. The van der Waals surface area contributed by atoms with Crippen molar-refractivity contribution in [2.75, 3.05) is 0 Å². The number of hydrogen-bond donors (Lipinski definition) is 0. The smallest absolute Gasteiger partial charge is 0.272 e. The molecule has 0 unspecified atom stereocenters. The molecule has 1 aromatic carbocycles. The van der Waals surface area contributed by atoms with Crippen LogP contribution >= 0.6 is 20.7 Å². The number of benzene rings is 1. The fourth-order valence-electron chi connectivity index (χ4n) is 2.46. The molecule has 7 heteroatoms. The van der Waals surface area contributed by atoms with Crippen LogP contribution in [0.1, 0.15) is 11.3 Å². The highest BCUT2D eigenvalue weighted by Crippen LogP contribution is 2.31. The second-order valence-corrected chi connectivity index (χ2v) is 7.56. The maximum absolute atomic E-state index is 12.7. The number of alkyl halides is 3. The summed E-state index contributed by atoms with van der Waals surface area (Å²) < 4.78 is 41.6. The Bertz CT molecular complexity index is 1040. The van der Waals surface area contributed by atoms with Gasteiger partial charge in [0.05, 0.1) is 18.4 Å². The Morgan fingerprint density at radius 1 is 1.08 bits per heavy atom. The molecule has 120 valence electrons. The lowest BCUT2D eigenvalue weighted by atomic mass is 10.0. The molecule has 0 spiro atoms. The molecule has 2 aromatic heterocycles. The van der Waals surface area contributed by atoms with Gasteiger partial charge >= 0.3 is 6.18 Å². The number of halogens is 4. The summed E-state index contributed by atoms with van der Waals surface area (Å²) in [6.07, 6.45) is -2.91. The molecule has 0 radical (unpaired) electrons. The van der Waals surface area contributed by atoms with Crippen molar-refractivity contribution >= 4 is 26.3 Å². The Hall–Kier alpha value is -2.16. The van der Waals surface area contributed by atoms with Gasteiger partial charge in [-0.25, -0.2) is 0 Å². The third-order valence-electron chi connectivity index (χ3n) is 3.61. The van der Waals surface area contributed by atoms with Crippen LogP contribution in [0.3, 0.4) is 0 Å². The topological polar surface area (TPSA) is 38.7 Å². The predicted octanol–water partition coefficient (Wildman–Crippen LogP) is 3.87. The van der Waals surface area contributed by atoms with E-state index in [1.165, 1.54) is 8.37 Å². The normalized spacial score (nSPS) is 13.7. The lowest BCUT2D eigenvalue weighted by Crippen LogP contribution is -2.04. The molecule has 3 heterocycles. The number of aromatic nitrogens is 3. The lowest BCUT2D eigenvalue weighted by molar-refractivity contribution is -0.141. The van der Waals surface area contributed by atoms with Crippen LogP contribution in [0.5, 0.6) is 0 Å². The summed E-state index contributed by atoms with van der Waals surface area (Å²) >= 11 is -0.179. The molecule has 0 atom stereocenters. The van der Waals surface area contributed by atoms with Gasteiger partial charge in [-0.05, 0) is 17.8 Å². The second-order valence-electron chi connectivity index (χ2n) is 5.15. The molecule has 1 aliphatic heterocycles. The van der Waals surface area contributed by atoms with Gasteiger partial charge in [-0.3, -0.25) is 15.2 Å². The highest BCUT2D eigenvalue weighted by molar-refractivity contribution is 14.2. The minimum atomic E-state index is -4.50. The van der Waals surface area contributed by atoms with Crippen molar-refractivity contribution in [3.8, 4) is 11.4 Å². The van der Waals surface area contributed by atoms with Crippen molar-refractivity contribution < 1.29 is 13.2 Å². The molecule has 0 fully saturated rings. The van der Waals surface area contributed by atoms with Crippen LogP contribution in [0.15, 0.2) is 48.7 Å². The average Bonchev–Trinajstić information content (AvgIpc) is 3.22. The Morgan fingerprint density at radius 3 is 2.71 bits per heavy atom. The van der Waals surface area contributed by atoms with Crippen LogP contribution in [0.4, 0.5) is 13.2 Å². The summed E-state index contributed by atoms with van der Waals surface area (Å²) in [7, 11) is 0. The minimum absolute atomic E-state index is 0.130. The molecular formula is C17H9F3IN3. The summed E-state index contributed by atoms with van der Waals surface area (Å²) in [5.41, 5.74) is 1.56.